The van der Waals surface area contributed by atoms with Crippen LogP contribution in [0.2, 0.25) is 5.02 Å². The van der Waals surface area contributed by atoms with Crippen molar-refractivity contribution in [3.8, 4) is 0 Å². The van der Waals surface area contributed by atoms with E-state index in [1.54, 1.807) is 12.1 Å². The summed E-state index contributed by atoms with van der Waals surface area (Å²) in [6.07, 6.45) is 6.71. The van der Waals surface area contributed by atoms with Crippen molar-refractivity contribution in [1.82, 2.24) is 5.32 Å². The molecular formula is C19H26ClN3O2S. The number of carbonyl (C=O) groups is 1. The van der Waals surface area contributed by atoms with E-state index in [1.807, 2.05) is 12.1 Å². The average Bonchev–Trinajstić information content (AvgIpc) is 2.97. The lowest BCUT2D eigenvalue weighted by Gasteiger charge is -2.22. The molecule has 1 aromatic carbocycles. The van der Waals surface area contributed by atoms with Crippen molar-refractivity contribution in [1.29, 1.82) is 0 Å². The van der Waals surface area contributed by atoms with E-state index in [0.29, 0.717) is 23.2 Å². The number of hydrogen-bond acceptors (Lipinski definition) is 5. The predicted octanol–water partition coefficient (Wildman–Crippen LogP) is 3.81. The Balaban J connectivity index is 1.40. The molecule has 1 heterocycles. The highest BCUT2D eigenvalue weighted by Crippen LogP contribution is 2.29. The van der Waals surface area contributed by atoms with Crippen molar-refractivity contribution < 1.29 is 9.90 Å². The van der Waals surface area contributed by atoms with Crippen molar-refractivity contribution in [2.24, 2.45) is 4.99 Å². The van der Waals surface area contributed by atoms with Crippen LogP contribution in [0, 0.1) is 0 Å². The van der Waals surface area contributed by atoms with Gasteiger partial charge in [-0.3, -0.25) is 4.79 Å². The van der Waals surface area contributed by atoms with Gasteiger partial charge in [0.05, 0.1) is 21.0 Å². The quantitative estimate of drug-likeness (QED) is 0.583. The van der Waals surface area contributed by atoms with E-state index in [4.69, 9.17) is 11.6 Å². The standard InChI is InChI=1S/C19H26ClN3O2S/c20-14-8-4-5-9-15(14)22-17(24)12-16-19(25)23-18(26-16)10-11-21-13-6-2-1-3-7-13/h4-5,8-9,13,16-17,21-22,24H,1-3,6-7,10-12H2. The van der Waals surface area contributed by atoms with E-state index >= 15 is 0 Å². The Labute approximate surface area is 164 Å². The number of benzene rings is 1. The summed E-state index contributed by atoms with van der Waals surface area (Å²) >= 11 is 7.56. The summed E-state index contributed by atoms with van der Waals surface area (Å²) in [4.78, 5) is 16.3. The van der Waals surface area contributed by atoms with Crippen LogP contribution >= 0.6 is 23.4 Å². The molecule has 26 heavy (non-hydrogen) atoms. The van der Waals surface area contributed by atoms with Crippen LogP contribution in [-0.2, 0) is 4.79 Å². The van der Waals surface area contributed by atoms with Crippen LogP contribution in [0.4, 0.5) is 5.69 Å². The minimum Gasteiger partial charge on any atom is -0.374 e. The van der Waals surface area contributed by atoms with Gasteiger partial charge in [-0.05, 0) is 25.0 Å². The number of nitrogens with one attached hydrogen (secondary N) is 2. The molecule has 7 heteroatoms. The van der Waals surface area contributed by atoms with E-state index in [0.717, 1.165) is 18.0 Å². The Morgan fingerprint density at radius 2 is 2.04 bits per heavy atom. The van der Waals surface area contributed by atoms with Gasteiger partial charge in [-0.2, -0.15) is 0 Å². The maximum atomic E-state index is 12.1. The fourth-order valence-corrected chi connectivity index (χ4v) is 4.72. The number of anilines is 1. The van der Waals surface area contributed by atoms with Gasteiger partial charge in [0.2, 0.25) is 0 Å². The van der Waals surface area contributed by atoms with Crippen LogP contribution in [0.5, 0.6) is 0 Å². The Hall–Kier alpha value is -1.08. The molecule has 0 bridgehead atoms. The van der Waals surface area contributed by atoms with Gasteiger partial charge in [-0.15, -0.1) is 0 Å². The van der Waals surface area contributed by atoms with E-state index in [-0.39, 0.29) is 11.2 Å². The fourth-order valence-electron chi connectivity index (χ4n) is 3.41. The summed E-state index contributed by atoms with van der Waals surface area (Å²) in [5, 5.41) is 17.9. The first-order valence-corrected chi connectivity index (χ1v) is 10.6. The first-order valence-electron chi connectivity index (χ1n) is 9.32. The van der Waals surface area contributed by atoms with Gasteiger partial charge in [-0.25, -0.2) is 4.99 Å². The molecule has 1 aromatic rings. The predicted molar refractivity (Wildman–Crippen MR) is 109 cm³/mol. The normalized spacial score (nSPS) is 22.3. The Morgan fingerprint density at radius 3 is 2.81 bits per heavy atom. The number of aliphatic imine (C=N–C) groups is 1. The third-order valence-electron chi connectivity index (χ3n) is 4.80. The molecule has 1 aliphatic heterocycles. The molecule has 2 unspecified atom stereocenters. The summed E-state index contributed by atoms with van der Waals surface area (Å²) < 4.78 is 0. The zero-order chi connectivity index (χ0) is 18.4. The van der Waals surface area contributed by atoms with Crippen LogP contribution in [0.15, 0.2) is 29.3 Å². The molecule has 3 N–H and O–H groups in total. The molecule has 1 fully saturated rings. The number of carbonyl (C=O) groups excluding carboxylic acids is 1. The molecular weight excluding hydrogens is 370 g/mol. The summed E-state index contributed by atoms with van der Waals surface area (Å²) in [5.74, 6) is -0.150. The van der Waals surface area contributed by atoms with E-state index in [2.05, 4.69) is 15.6 Å². The number of hydrogen-bond donors (Lipinski definition) is 3. The van der Waals surface area contributed by atoms with Crippen molar-refractivity contribution in [2.75, 3.05) is 11.9 Å². The average molecular weight is 396 g/mol. The third kappa shape index (κ3) is 5.71. The maximum Gasteiger partial charge on any atom is 0.260 e. The number of amides is 1. The van der Waals surface area contributed by atoms with Crippen LogP contribution in [0.25, 0.3) is 0 Å². The van der Waals surface area contributed by atoms with Gasteiger partial charge < -0.3 is 15.7 Å². The Kier molecular flexibility index (Phi) is 7.37. The zero-order valence-corrected chi connectivity index (χ0v) is 16.4. The summed E-state index contributed by atoms with van der Waals surface area (Å²) in [6.45, 7) is 0.858. The molecule has 1 aliphatic carbocycles. The molecule has 0 spiro atoms. The van der Waals surface area contributed by atoms with Gasteiger partial charge in [0.15, 0.2) is 0 Å². The largest absolute Gasteiger partial charge is 0.374 e. The SMILES string of the molecule is O=C1N=C(CCNC2CCCCC2)SC1CC(O)Nc1ccccc1Cl. The highest BCUT2D eigenvalue weighted by atomic mass is 35.5. The second-order valence-corrected chi connectivity index (χ2v) is 8.55. The van der Waals surface area contributed by atoms with E-state index in [1.165, 1.54) is 43.9 Å². The van der Waals surface area contributed by atoms with E-state index < -0.39 is 6.23 Å². The van der Waals surface area contributed by atoms with Gasteiger partial charge in [0.25, 0.3) is 5.91 Å². The number of para-hydroxylation sites is 1. The minimum atomic E-state index is -0.841. The number of aliphatic hydroxyl groups excluding tert-OH is 1. The van der Waals surface area contributed by atoms with Crippen molar-refractivity contribution in [3.05, 3.63) is 29.3 Å². The number of halogens is 1. The van der Waals surface area contributed by atoms with Gasteiger partial charge >= 0.3 is 0 Å². The third-order valence-corrected chi connectivity index (χ3v) is 6.37. The molecule has 1 amide bonds. The van der Waals surface area contributed by atoms with Gasteiger partial charge in [-0.1, -0.05) is 54.8 Å². The molecule has 3 rings (SSSR count). The lowest BCUT2D eigenvalue weighted by molar-refractivity contribution is -0.117. The number of thioether (sulfide) groups is 1. The number of nitrogens with zero attached hydrogens (tertiary/aromatic N) is 1. The second-order valence-electron chi connectivity index (χ2n) is 6.87. The first-order chi connectivity index (χ1) is 12.6. The van der Waals surface area contributed by atoms with Crippen LogP contribution in [0.1, 0.15) is 44.9 Å². The van der Waals surface area contributed by atoms with Crippen molar-refractivity contribution >= 4 is 40.0 Å². The highest BCUT2D eigenvalue weighted by Gasteiger charge is 2.30. The monoisotopic (exact) mass is 395 g/mol. The van der Waals surface area contributed by atoms with Gasteiger partial charge in [0.1, 0.15) is 6.23 Å². The topological polar surface area (TPSA) is 73.7 Å². The molecule has 142 valence electrons. The smallest absolute Gasteiger partial charge is 0.260 e. The summed E-state index contributed by atoms with van der Waals surface area (Å²) in [7, 11) is 0. The molecule has 0 saturated heterocycles. The highest BCUT2D eigenvalue weighted by molar-refractivity contribution is 8.15. The number of aliphatic hydroxyl groups is 1. The summed E-state index contributed by atoms with van der Waals surface area (Å²) in [5.41, 5.74) is 0.662. The zero-order valence-electron chi connectivity index (χ0n) is 14.8. The van der Waals surface area contributed by atoms with Gasteiger partial charge in [0, 0.05) is 25.4 Å². The Bertz CT molecular complexity index is 649. The van der Waals surface area contributed by atoms with Crippen LogP contribution < -0.4 is 10.6 Å². The first kappa shape index (κ1) is 19.7. The molecule has 0 aromatic heterocycles. The summed E-state index contributed by atoms with van der Waals surface area (Å²) in [6, 6.07) is 7.85. The lowest BCUT2D eigenvalue weighted by atomic mass is 9.95. The molecule has 5 nitrogen and oxygen atoms in total. The molecule has 2 atom stereocenters. The van der Waals surface area contributed by atoms with Crippen molar-refractivity contribution in [3.63, 3.8) is 0 Å². The minimum absolute atomic E-state index is 0.150. The molecule has 2 aliphatic rings. The second kappa shape index (κ2) is 9.74. The van der Waals surface area contributed by atoms with Crippen molar-refractivity contribution in [2.45, 2.75) is 62.5 Å². The number of rotatable bonds is 8. The fraction of sp³-hybridized carbons (Fsp3) is 0.579. The maximum absolute atomic E-state index is 12.1. The molecule has 1 saturated carbocycles. The van der Waals surface area contributed by atoms with E-state index in [9.17, 15) is 9.90 Å². The van der Waals surface area contributed by atoms with Crippen LogP contribution in [0.3, 0.4) is 0 Å². The lowest BCUT2D eigenvalue weighted by Crippen LogP contribution is -2.32. The Morgan fingerprint density at radius 1 is 1.27 bits per heavy atom. The van der Waals surface area contributed by atoms with Crippen LogP contribution in [-0.4, -0.2) is 40.1 Å². The molecule has 0 radical (unpaired) electrons.